The van der Waals surface area contributed by atoms with E-state index in [1.807, 2.05) is 13.0 Å². The summed E-state index contributed by atoms with van der Waals surface area (Å²) in [6, 6.07) is 4.71. The van der Waals surface area contributed by atoms with Crippen molar-refractivity contribution < 1.29 is 9.13 Å². The zero-order chi connectivity index (χ0) is 12.4. The number of thioether (sulfide) groups is 1. The van der Waals surface area contributed by atoms with Crippen LogP contribution < -0.4 is 5.73 Å². The average Bonchev–Trinajstić information content (AvgIpc) is 2.67. The monoisotopic (exact) mass is 255 g/mol. The molecule has 0 amide bonds. The van der Waals surface area contributed by atoms with Crippen molar-refractivity contribution in [2.24, 2.45) is 5.73 Å². The molecule has 1 saturated heterocycles. The molecule has 2 N–H and O–H groups in total. The second kappa shape index (κ2) is 5.38. The summed E-state index contributed by atoms with van der Waals surface area (Å²) < 4.78 is 18.7. The third-order valence-electron chi connectivity index (χ3n) is 3.05. The fraction of sp³-hybridized carbons (Fsp3) is 0.538. The molecular weight excluding hydrogens is 237 g/mol. The minimum atomic E-state index is -0.225. The standard InChI is InChI=1S/C13H18FNOS/c1-8(15)11-7-10(14)3-4-13(11)17-12-5-6-16-9(12)2/h3-4,7-9,12H,5-6,15H2,1-2H3/t8-,9?,12?/m0/s1. The van der Waals surface area contributed by atoms with Crippen molar-refractivity contribution in [3.8, 4) is 0 Å². The van der Waals surface area contributed by atoms with Crippen LogP contribution in [0.5, 0.6) is 0 Å². The normalized spacial score (nSPS) is 26.1. The fourth-order valence-corrected chi connectivity index (χ4v) is 3.35. The summed E-state index contributed by atoms with van der Waals surface area (Å²) >= 11 is 1.75. The van der Waals surface area contributed by atoms with E-state index in [0.717, 1.165) is 23.5 Å². The minimum Gasteiger partial charge on any atom is -0.377 e. The van der Waals surface area contributed by atoms with Crippen molar-refractivity contribution in [3.63, 3.8) is 0 Å². The van der Waals surface area contributed by atoms with Gasteiger partial charge in [-0.25, -0.2) is 4.39 Å². The molecule has 0 aromatic heterocycles. The predicted octanol–water partition coefficient (Wildman–Crippen LogP) is 3.11. The van der Waals surface area contributed by atoms with Crippen molar-refractivity contribution >= 4 is 11.8 Å². The van der Waals surface area contributed by atoms with Crippen molar-refractivity contribution in [2.75, 3.05) is 6.61 Å². The van der Waals surface area contributed by atoms with Crippen LogP contribution in [0, 0.1) is 5.82 Å². The Labute approximate surface area is 106 Å². The lowest BCUT2D eigenvalue weighted by Crippen LogP contribution is -2.14. The molecule has 1 aliphatic rings. The maximum absolute atomic E-state index is 13.2. The summed E-state index contributed by atoms with van der Waals surface area (Å²) in [6.45, 7) is 4.78. The summed E-state index contributed by atoms with van der Waals surface area (Å²) in [5, 5.41) is 0.443. The van der Waals surface area contributed by atoms with E-state index in [4.69, 9.17) is 10.5 Å². The van der Waals surface area contributed by atoms with Gasteiger partial charge in [-0.05, 0) is 44.0 Å². The highest BCUT2D eigenvalue weighted by Gasteiger charge is 2.26. The van der Waals surface area contributed by atoms with Crippen LogP contribution in [0.1, 0.15) is 31.9 Å². The smallest absolute Gasteiger partial charge is 0.123 e. The topological polar surface area (TPSA) is 35.2 Å². The van der Waals surface area contributed by atoms with Gasteiger partial charge in [-0.15, -0.1) is 11.8 Å². The third-order valence-corrected chi connectivity index (χ3v) is 4.59. The lowest BCUT2D eigenvalue weighted by atomic mass is 10.1. The van der Waals surface area contributed by atoms with Gasteiger partial charge < -0.3 is 10.5 Å². The van der Waals surface area contributed by atoms with Crippen LogP contribution in [0.15, 0.2) is 23.1 Å². The van der Waals surface area contributed by atoms with Crippen molar-refractivity contribution in [2.45, 2.75) is 42.6 Å². The Balaban J connectivity index is 2.19. The number of nitrogens with two attached hydrogens (primary N) is 1. The molecule has 94 valence electrons. The summed E-state index contributed by atoms with van der Waals surface area (Å²) in [5.41, 5.74) is 6.76. The molecule has 1 aromatic rings. The summed E-state index contributed by atoms with van der Waals surface area (Å²) in [6.07, 6.45) is 1.30. The Hall–Kier alpha value is -0.580. The summed E-state index contributed by atoms with van der Waals surface area (Å²) in [7, 11) is 0. The van der Waals surface area contributed by atoms with Gasteiger partial charge >= 0.3 is 0 Å². The first-order chi connectivity index (χ1) is 8.08. The van der Waals surface area contributed by atoms with Crippen LogP contribution in [0.2, 0.25) is 0 Å². The molecule has 0 aliphatic carbocycles. The van der Waals surface area contributed by atoms with E-state index in [2.05, 4.69) is 6.92 Å². The Morgan fingerprint density at radius 1 is 1.53 bits per heavy atom. The van der Waals surface area contributed by atoms with Crippen molar-refractivity contribution in [1.82, 2.24) is 0 Å². The first-order valence-electron chi connectivity index (χ1n) is 5.91. The lowest BCUT2D eigenvalue weighted by molar-refractivity contribution is 0.127. The maximum Gasteiger partial charge on any atom is 0.123 e. The molecule has 1 heterocycles. The van der Waals surface area contributed by atoms with Gasteiger partial charge in [0.15, 0.2) is 0 Å². The van der Waals surface area contributed by atoms with Gasteiger partial charge in [0.25, 0.3) is 0 Å². The number of rotatable bonds is 3. The van der Waals surface area contributed by atoms with Crippen LogP contribution in [0.3, 0.4) is 0 Å². The first-order valence-corrected chi connectivity index (χ1v) is 6.79. The molecule has 0 bridgehead atoms. The van der Waals surface area contributed by atoms with Crippen molar-refractivity contribution in [3.05, 3.63) is 29.6 Å². The average molecular weight is 255 g/mol. The molecule has 1 aromatic carbocycles. The van der Waals surface area contributed by atoms with Gasteiger partial charge in [0.1, 0.15) is 5.82 Å². The van der Waals surface area contributed by atoms with Gasteiger partial charge in [-0.1, -0.05) is 0 Å². The fourth-order valence-electron chi connectivity index (χ4n) is 2.01. The minimum absolute atomic E-state index is 0.147. The van der Waals surface area contributed by atoms with Gasteiger partial charge in [0.2, 0.25) is 0 Å². The lowest BCUT2D eigenvalue weighted by Gasteiger charge is -2.17. The van der Waals surface area contributed by atoms with Crippen LogP contribution in [0.4, 0.5) is 4.39 Å². The molecule has 1 fully saturated rings. The maximum atomic E-state index is 13.2. The van der Waals surface area contributed by atoms with Crippen molar-refractivity contribution in [1.29, 1.82) is 0 Å². The molecule has 4 heteroatoms. The van der Waals surface area contributed by atoms with Gasteiger partial charge in [0, 0.05) is 22.8 Å². The van der Waals surface area contributed by atoms with E-state index in [9.17, 15) is 4.39 Å². The summed E-state index contributed by atoms with van der Waals surface area (Å²) in [4.78, 5) is 1.07. The van der Waals surface area contributed by atoms with E-state index in [-0.39, 0.29) is 18.0 Å². The molecule has 3 atom stereocenters. The Bertz CT molecular complexity index is 397. The van der Waals surface area contributed by atoms with Gasteiger partial charge in [0.05, 0.1) is 6.10 Å². The molecule has 0 radical (unpaired) electrons. The predicted molar refractivity (Wildman–Crippen MR) is 68.7 cm³/mol. The van der Waals surface area contributed by atoms with E-state index in [1.165, 1.54) is 12.1 Å². The van der Waals surface area contributed by atoms with E-state index >= 15 is 0 Å². The summed E-state index contributed by atoms with van der Waals surface area (Å²) in [5.74, 6) is -0.225. The van der Waals surface area contributed by atoms with Gasteiger partial charge in [-0.2, -0.15) is 0 Å². The first kappa shape index (κ1) is 12.9. The quantitative estimate of drug-likeness (QED) is 0.901. The second-order valence-corrected chi connectivity index (χ2v) is 5.77. The number of hydrogen-bond acceptors (Lipinski definition) is 3. The number of hydrogen-bond donors (Lipinski definition) is 1. The third kappa shape index (κ3) is 3.00. The molecule has 0 saturated carbocycles. The molecule has 2 nitrogen and oxygen atoms in total. The van der Waals surface area contributed by atoms with E-state index in [0.29, 0.717) is 5.25 Å². The SMILES string of the molecule is CC1OCCC1Sc1ccc(F)cc1[C@H](C)N. The number of halogens is 1. The van der Waals surface area contributed by atoms with E-state index in [1.54, 1.807) is 11.8 Å². The van der Waals surface area contributed by atoms with Crippen LogP contribution >= 0.6 is 11.8 Å². The van der Waals surface area contributed by atoms with Crippen LogP contribution in [-0.4, -0.2) is 18.0 Å². The largest absolute Gasteiger partial charge is 0.377 e. The molecular formula is C13H18FNOS. The van der Waals surface area contributed by atoms with Gasteiger partial charge in [-0.3, -0.25) is 0 Å². The zero-order valence-corrected chi connectivity index (χ0v) is 11.0. The Morgan fingerprint density at radius 2 is 2.29 bits per heavy atom. The Kier molecular flexibility index (Phi) is 4.07. The van der Waals surface area contributed by atoms with Crippen LogP contribution in [0.25, 0.3) is 0 Å². The molecule has 2 rings (SSSR count). The molecule has 2 unspecified atom stereocenters. The molecule has 0 spiro atoms. The van der Waals surface area contributed by atoms with E-state index < -0.39 is 0 Å². The highest BCUT2D eigenvalue weighted by atomic mass is 32.2. The molecule has 17 heavy (non-hydrogen) atoms. The van der Waals surface area contributed by atoms with Crippen LogP contribution in [-0.2, 0) is 4.74 Å². The highest BCUT2D eigenvalue weighted by molar-refractivity contribution is 8.00. The Morgan fingerprint density at radius 3 is 2.88 bits per heavy atom. The molecule has 1 aliphatic heterocycles. The zero-order valence-electron chi connectivity index (χ0n) is 10.2. The number of ether oxygens (including phenoxy) is 1. The highest BCUT2D eigenvalue weighted by Crippen LogP contribution is 2.36. The number of benzene rings is 1. The second-order valence-electron chi connectivity index (χ2n) is 4.49.